The summed E-state index contributed by atoms with van der Waals surface area (Å²) in [5.74, 6) is 0. The van der Waals surface area contributed by atoms with Gasteiger partial charge in [-0.1, -0.05) is 30.3 Å². The molecular formula is C17H11BrN2. The number of para-hydroxylation sites is 2. The minimum atomic E-state index is 1.09. The number of fused-ring (bicyclic) bond motifs is 3. The lowest BCUT2D eigenvalue weighted by Gasteiger charge is -2.08. The molecular weight excluding hydrogens is 312 g/mol. The molecule has 2 aromatic carbocycles. The van der Waals surface area contributed by atoms with Gasteiger partial charge in [-0.2, -0.15) is 0 Å². The number of rotatable bonds is 1. The second-order valence-corrected chi connectivity index (χ2v) is 5.55. The molecule has 96 valence electrons. The Morgan fingerprint density at radius 1 is 0.850 bits per heavy atom. The Kier molecular flexibility index (Phi) is 2.60. The molecule has 0 aliphatic carbocycles. The van der Waals surface area contributed by atoms with Crippen LogP contribution in [0.2, 0.25) is 0 Å². The van der Waals surface area contributed by atoms with Crippen LogP contribution >= 0.6 is 15.9 Å². The van der Waals surface area contributed by atoms with Gasteiger partial charge >= 0.3 is 0 Å². The molecule has 0 aliphatic rings. The van der Waals surface area contributed by atoms with E-state index in [0.717, 1.165) is 10.2 Å². The minimum absolute atomic E-state index is 1.09. The zero-order valence-corrected chi connectivity index (χ0v) is 12.2. The first-order chi connectivity index (χ1) is 9.86. The van der Waals surface area contributed by atoms with Crippen molar-refractivity contribution in [3.63, 3.8) is 0 Å². The summed E-state index contributed by atoms with van der Waals surface area (Å²) in [6.07, 6.45) is 3.78. The number of nitrogens with zero attached hydrogens (tertiary/aromatic N) is 2. The first kappa shape index (κ1) is 11.7. The fourth-order valence-electron chi connectivity index (χ4n) is 2.72. The van der Waals surface area contributed by atoms with Crippen molar-refractivity contribution in [1.29, 1.82) is 0 Å². The highest BCUT2D eigenvalue weighted by atomic mass is 79.9. The number of hydrogen-bond donors (Lipinski definition) is 0. The van der Waals surface area contributed by atoms with Gasteiger partial charge in [0.05, 0.1) is 11.0 Å². The van der Waals surface area contributed by atoms with Gasteiger partial charge in [0, 0.05) is 33.3 Å². The van der Waals surface area contributed by atoms with E-state index in [9.17, 15) is 0 Å². The van der Waals surface area contributed by atoms with Crippen LogP contribution in [0.15, 0.2) is 71.5 Å². The average Bonchev–Trinajstić information content (AvgIpc) is 2.84. The quantitative estimate of drug-likeness (QED) is 0.485. The molecule has 0 N–H and O–H groups in total. The van der Waals surface area contributed by atoms with Crippen molar-refractivity contribution in [3.05, 3.63) is 71.5 Å². The normalized spacial score (nSPS) is 11.2. The van der Waals surface area contributed by atoms with Gasteiger partial charge in [-0.25, -0.2) is 0 Å². The van der Waals surface area contributed by atoms with Crippen molar-refractivity contribution in [2.24, 2.45) is 0 Å². The second-order valence-electron chi connectivity index (χ2n) is 4.70. The fraction of sp³-hybridized carbons (Fsp3) is 0. The highest BCUT2D eigenvalue weighted by Gasteiger charge is 2.13. The van der Waals surface area contributed by atoms with E-state index in [4.69, 9.17) is 0 Å². The molecule has 2 nitrogen and oxygen atoms in total. The van der Waals surface area contributed by atoms with Crippen LogP contribution in [0.5, 0.6) is 0 Å². The predicted octanol–water partition coefficient (Wildman–Crippen LogP) is 4.94. The van der Waals surface area contributed by atoms with Crippen LogP contribution in [0.1, 0.15) is 0 Å². The van der Waals surface area contributed by atoms with E-state index in [1.54, 1.807) is 0 Å². The molecule has 0 aliphatic heterocycles. The van der Waals surface area contributed by atoms with Gasteiger partial charge in [-0.15, -0.1) is 0 Å². The minimum Gasteiger partial charge on any atom is -0.308 e. The number of halogens is 1. The Hall–Kier alpha value is -2.13. The van der Waals surface area contributed by atoms with E-state index in [2.05, 4.69) is 74.0 Å². The van der Waals surface area contributed by atoms with E-state index in [0.29, 0.717) is 0 Å². The molecule has 0 spiro atoms. The van der Waals surface area contributed by atoms with Crippen LogP contribution in [-0.4, -0.2) is 9.55 Å². The summed E-state index contributed by atoms with van der Waals surface area (Å²) >= 11 is 3.68. The van der Waals surface area contributed by atoms with Crippen molar-refractivity contribution in [2.45, 2.75) is 0 Å². The summed E-state index contributed by atoms with van der Waals surface area (Å²) in [6.45, 7) is 0. The van der Waals surface area contributed by atoms with E-state index in [-0.39, 0.29) is 0 Å². The summed E-state index contributed by atoms with van der Waals surface area (Å²) < 4.78 is 3.37. The molecule has 0 amide bonds. The maximum Gasteiger partial charge on any atom is 0.0683 e. The summed E-state index contributed by atoms with van der Waals surface area (Å²) in [7, 11) is 0. The molecule has 0 fully saturated rings. The predicted molar refractivity (Wildman–Crippen MR) is 86.3 cm³/mol. The Morgan fingerprint density at radius 2 is 1.70 bits per heavy atom. The molecule has 0 radical (unpaired) electrons. The van der Waals surface area contributed by atoms with Gasteiger partial charge in [-0.05, 0) is 40.2 Å². The van der Waals surface area contributed by atoms with Crippen molar-refractivity contribution >= 4 is 37.7 Å². The van der Waals surface area contributed by atoms with Crippen molar-refractivity contribution in [2.75, 3.05) is 0 Å². The summed E-state index contributed by atoms with van der Waals surface area (Å²) in [5.41, 5.74) is 3.51. The SMILES string of the molecule is Brc1cccc2c3cnccc3n(-c3ccccc3)c12. The fourth-order valence-corrected chi connectivity index (χ4v) is 3.26. The molecule has 20 heavy (non-hydrogen) atoms. The maximum absolute atomic E-state index is 4.27. The third kappa shape index (κ3) is 1.60. The number of benzene rings is 2. The van der Waals surface area contributed by atoms with Crippen LogP contribution in [-0.2, 0) is 0 Å². The standard InChI is InChI=1S/C17H11BrN2/c18-15-8-4-7-13-14-11-19-10-9-16(14)20(17(13)15)12-5-2-1-3-6-12/h1-11H. The number of hydrogen-bond acceptors (Lipinski definition) is 1. The maximum atomic E-state index is 4.27. The van der Waals surface area contributed by atoms with Gasteiger partial charge in [0.15, 0.2) is 0 Å². The molecule has 2 heterocycles. The highest BCUT2D eigenvalue weighted by molar-refractivity contribution is 9.10. The zero-order valence-electron chi connectivity index (χ0n) is 10.6. The van der Waals surface area contributed by atoms with Crippen molar-refractivity contribution in [1.82, 2.24) is 9.55 Å². The van der Waals surface area contributed by atoms with E-state index >= 15 is 0 Å². The monoisotopic (exact) mass is 322 g/mol. The Labute approximate surface area is 124 Å². The molecule has 4 aromatic rings. The summed E-state index contributed by atoms with van der Waals surface area (Å²) in [6, 6.07) is 18.8. The molecule has 4 rings (SSSR count). The molecule has 0 bridgehead atoms. The number of pyridine rings is 1. The smallest absolute Gasteiger partial charge is 0.0683 e. The Morgan fingerprint density at radius 3 is 2.55 bits per heavy atom. The van der Waals surface area contributed by atoms with Crippen molar-refractivity contribution in [3.8, 4) is 5.69 Å². The summed E-state index contributed by atoms with van der Waals surface area (Å²) in [4.78, 5) is 4.27. The molecule has 0 unspecified atom stereocenters. The van der Waals surface area contributed by atoms with Gasteiger partial charge in [-0.3, -0.25) is 4.98 Å². The Bertz CT molecular complexity index is 910. The summed E-state index contributed by atoms with van der Waals surface area (Å²) in [5, 5.41) is 2.39. The zero-order chi connectivity index (χ0) is 13.5. The average molecular weight is 323 g/mol. The van der Waals surface area contributed by atoms with Gasteiger partial charge < -0.3 is 4.57 Å². The molecule has 0 saturated carbocycles. The molecule has 2 aromatic heterocycles. The van der Waals surface area contributed by atoms with Gasteiger partial charge in [0.2, 0.25) is 0 Å². The number of aromatic nitrogens is 2. The van der Waals surface area contributed by atoms with Crippen LogP contribution in [0, 0.1) is 0 Å². The highest BCUT2D eigenvalue weighted by Crippen LogP contribution is 2.35. The topological polar surface area (TPSA) is 17.8 Å². The first-order valence-electron chi connectivity index (χ1n) is 6.44. The van der Waals surface area contributed by atoms with Gasteiger partial charge in [0.25, 0.3) is 0 Å². The lowest BCUT2D eigenvalue weighted by molar-refractivity contribution is 1.17. The third-order valence-corrected chi connectivity index (χ3v) is 4.19. The van der Waals surface area contributed by atoms with Crippen LogP contribution in [0.4, 0.5) is 0 Å². The Balaban J connectivity index is 2.27. The van der Waals surface area contributed by atoms with Crippen LogP contribution in [0.3, 0.4) is 0 Å². The lowest BCUT2D eigenvalue weighted by Crippen LogP contribution is -1.93. The van der Waals surface area contributed by atoms with Gasteiger partial charge in [0.1, 0.15) is 0 Å². The second kappa shape index (κ2) is 4.46. The first-order valence-corrected chi connectivity index (χ1v) is 7.23. The van der Waals surface area contributed by atoms with E-state index in [1.807, 2.05) is 18.5 Å². The lowest BCUT2D eigenvalue weighted by atomic mass is 10.2. The van der Waals surface area contributed by atoms with E-state index in [1.165, 1.54) is 21.8 Å². The van der Waals surface area contributed by atoms with E-state index < -0.39 is 0 Å². The largest absolute Gasteiger partial charge is 0.308 e. The van der Waals surface area contributed by atoms with Crippen LogP contribution < -0.4 is 0 Å². The third-order valence-electron chi connectivity index (χ3n) is 3.55. The molecule has 0 atom stereocenters. The molecule has 0 saturated heterocycles. The van der Waals surface area contributed by atoms with Crippen LogP contribution in [0.25, 0.3) is 27.5 Å². The van der Waals surface area contributed by atoms with Crippen molar-refractivity contribution < 1.29 is 0 Å². The molecule has 3 heteroatoms.